The van der Waals surface area contributed by atoms with Crippen LogP contribution in [-0.2, 0) is 27.6 Å². The molecule has 0 atom stereocenters. The Labute approximate surface area is 263 Å². The molecular weight excluding hydrogens is 630 g/mol. The van der Waals surface area contributed by atoms with Gasteiger partial charge in [-0.05, 0) is 55.8 Å². The predicted octanol–water partition coefficient (Wildman–Crippen LogP) is 7.39. The highest BCUT2D eigenvalue weighted by atomic mass is 35.5. The third kappa shape index (κ3) is 7.86. The van der Waals surface area contributed by atoms with Crippen molar-refractivity contribution in [2.75, 3.05) is 24.3 Å². The second-order valence-electron chi connectivity index (χ2n) is 10.2. The number of nitrogens with one attached hydrogen (secondary N) is 1. The van der Waals surface area contributed by atoms with Gasteiger partial charge in [-0.1, -0.05) is 23.7 Å². The van der Waals surface area contributed by atoms with Crippen LogP contribution in [0.2, 0.25) is 5.02 Å². The average Bonchev–Trinajstić information content (AvgIpc) is 3.45. The molecule has 0 unspecified atom stereocenters. The largest absolute Gasteiger partial charge is 0.487 e. The number of halogens is 3. The van der Waals surface area contributed by atoms with Crippen molar-refractivity contribution in [3.05, 3.63) is 93.5 Å². The van der Waals surface area contributed by atoms with Crippen LogP contribution in [0.5, 0.6) is 5.75 Å². The molecule has 0 saturated heterocycles. The van der Waals surface area contributed by atoms with Crippen LogP contribution in [0.3, 0.4) is 0 Å². The van der Waals surface area contributed by atoms with Crippen molar-refractivity contribution in [3.8, 4) is 17.0 Å². The molecule has 1 N–H and O–H groups in total. The SMILES string of the molecule is CC(C)S(=O)(=O)CCOCCc1nc(-c2cc3c(Nc4ccc(OCc5cccc(F)c5)c(Cl)c4)ncnc3cc2F)cs1. The maximum absolute atomic E-state index is 15.2. The zero-order chi connectivity index (χ0) is 31.3. The summed E-state index contributed by atoms with van der Waals surface area (Å²) in [6, 6.07) is 14.3. The van der Waals surface area contributed by atoms with Crippen molar-refractivity contribution in [1.29, 1.82) is 0 Å². The molecule has 0 bridgehead atoms. The van der Waals surface area contributed by atoms with Crippen LogP contribution in [0.15, 0.2) is 66.3 Å². The fourth-order valence-corrected chi connectivity index (χ4v) is 6.05. The maximum Gasteiger partial charge on any atom is 0.154 e. The van der Waals surface area contributed by atoms with Crippen molar-refractivity contribution in [1.82, 2.24) is 15.0 Å². The van der Waals surface area contributed by atoms with E-state index in [2.05, 4.69) is 20.3 Å². The van der Waals surface area contributed by atoms with Gasteiger partial charge in [-0.3, -0.25) is 0 Å². The van der Waals surface area contributed by atoms with Gasteiger partial charge in [-0.2, -0.15) is 0 Å². The number of benzene rings is 3. The Hall–Kier alpha value is -3.71. The quantitative estimate of drug-likeness (QED) is 0.131. The Morgan fingerprint density at radius 1 is 1.05 bits per heavy atom. The summed E-state index contributed by atoms with van der Waals surface area (Å²) in [5.41, 5.74) is 2.46. The van der Waals surface area contributed by atoms with Crippen molar-refractivity contribution >= 4 is 55.2 Å². The van der Waals surface area contributed by atoms with Crippen molar-refractivity contribution in [3.63, 3.8) is 0 Å². The molecule has 13 heteroatoms. The fraction of sp³-hybridized carbons (Fsp3) is 0.258. The first-order chi connectivity index (χ1) is 21.1. The van der Waals surface area contributed by atoms with Crippen molar-refractivity contribution in [2.45, 2.75) is 32.1 Å². The molecule has 230 valence electrons. The Morgan fingerprint density at radius 3 is 2.66 bits per heavy atom. The zero-order valence-corrected chi connectivity index (χ0v) is 26.3. The molecule has 0 fully saturated rings. The highest BCUT2D eigenvalue weighted by Crippen LogP contribution is 2.34. The lowest BCUT2D eigenvalue weighted by atomic mass is 10.1. The summed E-state index contributed by atoms with van der Waals surface area (Å²) in [4.78, 5) is 13.2. The van der Waals surface area contributed by atoms with Crippen LogP contribution in [0.25, 0.3) is 22.2 Å². The van der Waals surface area contributed by atoms with E-state index in [1.165, 1.54) is 35.9 Å². The van der Waals surface area contributed by atoms with E-state index in [0.29, 0.717) is 63.0 Å². The molecule has 2 heterocycles. The van der Waals surface area contributed by atoms with Gasteiger partial charge in [0.05, 0.1) is 45.5 Å². The smallest absolute Gasteiger partial charge is 0.154 e. The number of thiazole rings is 1. The zero-order valence-electron chi connectivity index (χ0n) is 23.9. The second-order valence-corrected chi connectivity index (χ2v) is 14.2. The molecule has 2 aromatic heterocycles. The molecule has 0 spiro atoms. The molecule has 8 nitrogen and oxygen atoms in total. The van der Waals surface area contributed by atoms with Gasteiger partial charge in [0.25, 0.3) is 0 Å². The highest BCUT2D eigenvalue weighted by Gasteiger charge is 2.17. The maximum atomic E-state index is 15.2. The van der Waals surface area contributed by atoms with Gasteiger partial charge in [-0.15, -0.1) is 11.3 Å². The van der Waals surface area contributed by atoms with Gasteiger partial charge in [-0.25, -0.2) is 32.2 Å². The van der Waals surface area contributed by atoms with E-state index in [1.54, 1.807) is 55.6 Å². The monoisotopic (exact) mass is 658 g/mol. The number of nitrogens with zero attached hydrogens (tertiary/aromatic N) is 3. The predicted molar refractivity (Wildman–Crippen MR) is 170 cm³/mol. The summed E-state index contributed by atoms with van der Waals surface area (Å²) in [7, 11) is -3.16. The first-order valence-electron chi connectivity index (χ1n) is 13.7. The minimum absolute atomic E-state index is 0.0325. The molecular formula is C31H29ClF2N4O4S2. The van der Waals surface area contributed by atoms with Gasteiger partial charge in [0, 0.05) is 34.5 Å². The Bertz CT molecular complexity index is 1890. The summed E-state index contributed by atoms with van der Waals surface area (Å²) >= 11 is 7.83. The lowest BCUT2D eigenvalue weighted by Crippen LogP contribution is -2.21. The number of hydrogen-bond acceptors (Lipinski definition) is 9. The minimum Gasteiger partial charge on any atom is -0.487 e. The number of rotatable bonds is 13. The average molecular weight is 659 g/mol. The van der Waals surface area contributed by atoms with Gasteiger partial charge < -0.3 is 14.8 Å². The Balaban J connectivity index is 1.27. The molecule has 0 aliphatic carbocycles. The van der Waals surface area contributed by atoms with Crippen LogP contribution in [0, 0.1) is 11.6 Å². The van der Waals surface area contributed by atoms with Crippen molar-refractivity contribution in [2.24, 2.45) is 0 Å². The topological polar surface area (TPSA) is 103 Å². The lowest BCUT2D eigenvalue weighted by molar-refractivity contribution is 0.152. The summed E-state index contributed by atoms with van der Waals surface area (Å²) in [5.74, 6) is 0.0299. The summed E-state index contributed by atoms with van der Waals surface area (Å²) in [6.45, 7) is 3.86. The summed E-state index contributed by atoms with van der Waals surface area (Å²) in [6.07, 6.45) is 1.81. The molecule has 3 aromatic carbocycles. The molecule has 0 aliphatic rings. The fourth-order valence-electron chi connectivity index (χ4n) is 4.22. The minimum atomic E-state index is -3.16. The van der Waals surface area contributed by atoms with E-state index in [1.807, 2.05) is 0 Å². The number of hydrogen-bond donors (Lipinski definition) is 1. The van der Waals surface area contributed by atoms with E-state index in [4.69, 9.17) is 21.1 Å². The van der Waals surface area contributed by atoms with E-state index in [0.717, 1.165) is 5.01 Å². The summed E-state index contributed by atoms with van der Waals surface area (Å²) in [5, 5.41) is 6.20. The number of aromatic nitrogens is 3. The Kier molecular flexibility index (Phi) is 10.0. The van der Waals surface area contributed by atoms with E-state index >= 15 is 4.39 Å². The van der Waals surface area contributed by atoms with E-state index < -0.39 is 20.9 Å². The third-order valence-electron chi connectivity index (χ3n) is 6.72. The van der Waals surface area contributed by atoms with E-state index in [-0.39, 0.29) is 24.8 Å². The van der Waals surface area contributed by atoms with Gasteiger partial charge >= 0.3 is 0 Å². The lowest BCUT2D eigenvalue weighted by Gasteiger charge is -2.12. The van der Waals surface area contributed by atoms with Crippen molar-refractivity contribution < 1.29 is 26.7 Å². The van der Waals surface area contributed by atoms with Gasteiger partial charge in [0.15, 0.2) is 9.84 Å². The molecule has 44 heavy (non-hydrogen) atoms. The number of fused-ring (bicyclic) bond motifs is 1. The van der Waals surface area contributed by atoms with Crippen LogP contribution in [-0.4, -0.2) is 47.6 Å². The summed E-state index contributed by atoms with van der Waals surface area (Å²) < 4.78 is 63.7. The normalized spacial score (nSPS) is 11.8. The second kappa shape index (κ2) is 13.9. The van der Waals surface area contributed by atoms with Crippen LogP contribution >= 0.6 is 22.9 Å². The van der Waals surface area contributed by atoms with Crippen LogP contribution in [0.4, 0.5) is 20.3 Å². The van der Waals surface area contributed by atoms with Crippen LogP contribution in [0.1, 0.15) is 24.4 Å². The van der Waals surface area contributed by atoms with Crippen LogP contribution < -0.4 is 10.1 Å². The number of ether oxygens (including phenoxy) is 2. The molecule has 0 radical (unpaired) electrons. The third-order valence-corrected chi connectivity index (χ3v) is 10.1. The first-order valence-corrected chi connectivity index (χ1v) is 16.7. The molecule has 5 rings (SSSR count). The Morgan fingerprint density at radius 2 is 1.89 bits per heavy atom. The molecule has 5 aromatic rings. The molecule has 0 aliphatic heterocycles. The van der Waals surface area contributed by atoms with Gasteiger partial charge in [0.1, 0.15) is 36.1 Å². The standard InChI is InChI=1S/C31H29ClF2N4O4S2/c1-19(2)44(39,40)11-10-41-9-8-30-38-28(17-43-30)23-14-24-27(15-26(23)34)35-18-36-31(24)37-22-6-7-29(25(32)13-22)42-16-20-4-3-5-21(33)12-20/h3-7,12-15,17-19H,8-11,16H2,1-2H3,(H,35,36,37). The molecule has 0 saturated carbocycles. The molecule has 0 amide bonds. The first kappa shape index (κ1) is 31.7. The number of anilines is 2. The van der Waals surface area contributed by atoms with E-state index in [9.17, 15) is 12.8 Å². The highest BCUT2D eigenvalue weighted by molar-refractivity contribution is 7.92. The van der Waals surface area contributed by atoms with Gasteiger partial charge in [0.2, 0.25) is 0 Å². The number of sulfone groups is 1.